The first-order chi connectivity index (χ1) is 10.8. The first-order valence-corrected chi connectivity index (χ1v) is 7.01. The lowest BCUT2D eigenvalue weighted by Crippen LogP contribution is -2.13. The van der Waals surface area contributed by atoms with Crippen LogP contribution in [-0.4, -0.2) is 41.4 Å². The summed E-state index contributed by atoms with van der Waals surface area (Å²) in [6, 6.07) is 9.88. The molecule has 0 aliphatic heterocycles. The summed E-state index contributed by atoms with van der Waals surface area (Å²) in [4.78, 5) is 0. The molecule has 0 bridgehead atoms. The first-order valence-electron chi connectivity index (χ1n) is 7.01. The lowest BCUT2D eigenvalue weighted by atomic mass is 10.3. The summed E-state index contributed by atoms with van der Waals surface area (Å²) in [6.45, 7) is 3.36. The molecule has 0 saturated carbocycles. The van der Waals surface area contributed by atoms with Crippen LogP contribution < -0.4 is 5.32 Å². The Morgan fingerprint density at radius 1 is 1.18 bits per heavy atom. The van der Waals surface area contributed by atoms with E-state index in [-0.39, 0.29) is 0 Å². The summed E-state index contributed by atoms with van der Waals surface area (Å²) in [5, 5.41) is 24.0. The van der Waals surface area contributed by atoms with Gasteiger partial charge in [-0.05, 0) is 25.1 Å². The van der Waals surface area contributed by atoms with Crippen LogP contribution in [0.5, 0.6) is 0 Å². The number of fused-ring (bicyclic) bond motifs is 2. The maximum absolute atomic E-state index is 4.32. The third kappa shape index (κ3) is 2.14. The van der Waals surface area contributed by atoms with Crippen LogP contribution in [0.2, 0.25) is 0 Å². The van der Waals surface area contributed by atoms with Gasteiger partial charge in [0, 0.05) is 6.54 Å². The molecule has 0 aliphatic rings. The summed E-state index contributed by atoms with van der Waals surface area (Å²) in [6.07, 6.45) is 1.60. The van der Waals surface area contributed by atoms with Crippen LogP contribution in [0.15, 0.2) is 36.7 Å². The quantitative estimate of drug-likeness (QED) is 0.610. The van der Waals surface area contributed by atoms with Gasteiger partial charge in [-0.25, -0.2) is 4.68 Å². The molecule has 4 rings (SSSR count). The third-order valence-electron chi connectivity index (χ3n) is 3.45. The number of para-hydroxylation sites is 1. The van der Waals surface area contributed by atoms with E-state index < -0.39 is 0 Å². The molecule has 3 heterocycles. The van der Waals surface area contributed by atoms with E-state index in [0.717, 1.165) is 22.4 Å². The van der Waals surface area contributed by atoms with E-state index in [9.17, 15) is 0 Å². The zero-order valence-corrected chi connectivity index (χ0v) is 12.0. The van der Waals surface area contributed by atoms with Crippen LogP contribution in [0.25, 0.3) is 16.7 Å². The van der Waals surface area contributed by atoms with Crippen molar-refractivity contribution in [1.29, 1.82) is 0 Å². The van der Waals surface area contributed by atoms with E-state index >= 15 is 0 Å². The van der Waals surface area contributed by atoms with Gasteiger partial charge in [0.15, 0.2) is 0 Å². The van der Waals surface area contributed by atoms with Crippen molar-refractivity contribution in [1.82, 2.24) is 34.8 Å². The predicted molar refractivity (Wildman–Crippen MR) is 81.5 cm³/mol. The highest BCUT2D eigenvalue weighted by atomic mass is 15.4. The second kappa shape index (κ2) is 5.06. The largest absolute Gasteiger partial charge is 0.380 e. The molecule has 3 aromatic heterocycles. The molecule has 0 radical (unpaired) electrons. The summed E-state index contributed by atoms with van der Waals surface area (Å²) < 4.78 is 3.56. The fourth-order valence-corrected chi connectivity index (χ4v) is 2.46. The van der Waals surface area contributed by atoms with Gasteiger partial charge in [-0.2, -0.15) is 9.61 Å². The van der Waals surface area contributed by atoms with Gasteiger partial charge < -0.3 is 5.32 Å². The van der Waals surface area contributed by atoms with Gasteiger partial charge >= 0.3 is 0 Å². The van der Waals surface area contributed by atoms with Crippen molar-refractivity contribution >= 4 is 22.4 Å². The number of nitrogens with one attached hydrogen (secondary N) is 1. The molecule has 0 fully saturated rings. The molecule has 8 nitrogen and oxygen atoms in total. The van der Waals surface area contributed by atoms with Crippen molar-refractivity contribution in [3.05, 3.63) is 42.4 Å². The Hall–Kier alpha value is -3.03. The van der Waals surface area contributed by atoms with Gasteiger partial charge in [-0.1, -0.05) is 17.3 Å². The summed E-state index contributed by atoms with van der Waals surface area (Å²) >= 11 is 0. The Bertz CT molecular complexity index is 938. The van der Waals surface area contributed by atoms with E-state index in [1.807, 2.05) is 41.9 Å². The topological polar surface area (TPSA) is 85.8 Å². The second-order valence-electron chi connectivity index (χ2n) is 5.03. The van der Waals surface area contributed by atoms with Crippen LogP contribution in [-0.2, 0) is 6.54 Å². The Kier molecular flexibility index (Phi) is 2.92. The zero-order chi connectivity index (χ0) is 14.9. The van der Waals surface area contributed by atoms with Crippen LogP contribution in [0.3, 0.4) is 0 Å². The minimum atomic E-state index is 0.708. The van der Waals surface area contributed by atoms with E-state index in [2.05, 4.69) is 30.9 Å². The summed E-state index contributed by atoms with van der Waals surface area (Å²) in [7, 11) is 0. The Morgan fingerprint density at radius 3 is 3.05 bits per heavy atom. The van der Waals surface area contributed by atoms with E-state index in [0.29, 0.717) is 18.7 Å². The van der Waals surface area contributed by atoms with Crippen LogP contribution in [0, 0.1) is 6.92 Å². The van der Waals surface area contributed by atoms with E-state index in [1.54, 1.807) is 10.8 Å². The van der Waals surface area contributed by atoms with Gasteiger partial charge in [0.05, 0.1) is 23.4 Å². The Balaban J connectivity index is 1.54. The number of aryl methyl sites for hydroxylation is 1. The monoisotopic (exact) mass is 294 g/mol. The lowest BCUT2D eigenvalue weighted by Gasteiger charge is -2.08. The first kappa shape index (κ1) is 12.7. The summed E-state index contributed by atoms with van der Waals surface area (Å²) in [5.41, 5.74) is 4.47. The summed E-state index contributed by atoms with van der Waals surface area (Å²) in [5.74, 6) is 0. The minimum Gasteiger partial charge on any atom is -0.380 e. The maximum atomic E-state index is 4.32. The smallest absolute Gasteiger partial charge is 0.200 e. The molecule has 1 aromatic carbocycles. The van der Waals surface area contributed by atoms with Gasteiger partial charge in [0.1, 0.15) is 11.8 Å². The molecule has 0 amide bonds. The number of rotatable bonds is 4. The molecular weight excluding hydrogens is 280 g/mol. The number of anilines is 1. The molecule has 0 unspecified atom stereocenters. The van der Waals surface area contributed by atoms with Crippen molar-refractivity contribution in [2.75, 3.05) is 11.9 Å². The van der Waals surface area contributed by atoms with E-state index in [1.165, 1.54) is 0 Å². The number of aromatic nitrogens is 7. The molecule has 0 spiro atoms. The third-order valence-corrected chi connectivity index (χ3v) is 3.45. The van der Waals surface area contributed by atoms with Crippen molar-refractivity contribution < 1.29 is 0 Å². The van der Waals surface area contributed by atoms with Crippen molar-refractivity contribution in [2.45, 2.75) is 13.5 Å². The molecule has 110 valence electrons. The SMILES string of the molecule is Cc1cc(NCCn2nnc3ccccc32)c2nncn2n1. The molecule has 0 atom stereocenters. The molecular formula is C14H14N8. The molecule has 8 heteroatoms. The highest BCUT2D eigenvalue weighted by molar-refractivity contribution is 5.73. The van der Waals surface area contributed by atoms with Gasteiger partial charge in [0.25, 0.3) is 0 Å². The van der Waals surface area contributed by atoms with Crippen LogP contribution in [0.1, 0.15) is 5.69 Å². The van der Waals surface area contributed by atoms with Gasteiger partial charge in [-0.15, -0.1) is 15.3 Å². The maximum Gasteiger partial charge on any atom is 0.200 e. The Labute approximate surface area is 125 Å². The van der Waals surface area contributed by atoms with Crippen molar-refractivity contribution in [3.63, 3.8) is 0 Å². The van der Waals surface area contributed by atoms with Crippen molar-refractivity contribution in [3.8, 4) is 0 Å². The van der Waals surface area contributed by atoms with E-state index in [4.69, 9.17) is 0 Å². The van der Waals surface area contributed by atoms with Crippen molar-refractivity contribution in [2.24, 2.45) is 0 Å². The second-order valence-corrected chi connectivity index (χ2v) is 5.03. The van der Waals surface area contributed by atoms with Crippen LogP contribution >= 0.6 is 0 Å². The average Bonchev–Trinajstić information content (AvgIpc) is 3.14. The average molecular weight is 294 g/mol. The predicted octanol–water partition coefficient (Wildman–Crippen LogP) is 1.29. The Morgan fingerprint density at radius 2 is 2.09 bits per heavy atom. The molecule has 0 aliphatic carbocycles. The fourth-order valence-electron chi connectivity index (χ4n) is 2.46. The number of nitrogens with zero attached hydrogens (tertiary/aromatic N) is 7. The zero-order valence-electron chi connectivity index (χ0n) is 12.0. The number of hydrogen-bond acceptors (Lipinski definition) is 6. The normalized spacial score (nSPS) is 11.3. The molecule has 22 heavy (non-hydrogen) atoms. The van der Waals surface area contributed by atoms with Gasteiger partial charge in [-0.3, -0.25) is 0 Å². The fraction of sp³-hybridized carbons (Fsp3) is 0.214. The number of hydrogen-bond donors (Lipinski definition) is 1. The minimum absolute atomic E-state index is 0.708. The molecule has 1 N–H and O–H groups in total. The standard InChI is InChI=1S/C14H14N8/c1-10-8-12(14-18-16-9-22(14)19-10)15-6-7-21-13-5-3-2-4-11(13)17-20-21/h2-5,8-9,15H,6-7H2,1H3. The molecule has 0 saturated heterocycles. The highest BCUT2D eigenvalue weighted by Crippen LogP contribution is 2.14. The molecule has 4 aromatic rings. The highest BCUT2D eigenvalue weighted by Gasteiger charge is 2.07. The lowest BCUT2D eigenvalue weighted by molar-refractivity contribution is 0.627. The number of benzene rings is 1. The van der Waals surface area contributed by atoms with Gasteiger partial charge in [0.2, 0.25) is 5.65 Å². The van der Waals surface area contributed by atoms with Crippen LogP contribution in [0.4, 0.5) is 5.69 Å².